The van der Waals surface area contributed by atoms with Crippen molar-refractivity contribution < 1.29 is 0 Å². The molecule has 0 spiro atoms. The molecule has 0 aromatic heterocycles. The largest absolute Gasteiger partial charge is 0.398 e. The van der Waals surface area contributed by atoms with Gasteiger partial charge in [-0.05, 0) is 60.3 Å². The minimum Gasteiger partial charge on any atom is -0.398 e. The highest BCUT2D eigenvalue weighted by atomic mass is 14.6. The highest BCUT2D eigenvalue weighted by molar-refractivity contribution is 5.53. The van der Waals surface area contributed by atoms with Gasteiger partial charge in [0.1, 0.15) is 0 Å². The van der Waals surface area contributed by atoms with Gasteiger partial charge in [0.25, 0.3) is 0 Å². The van der Waals surface area contributed by atoms with Crippen LogP contribution >= 0.6 is 0 Å². The summed E-state index contributed by atoms with van der Waals surface area (Å²) in [6.07, 6.45) is 5.58. The number of nitrogen functional groups attached to an aromatic ring is 2. The van der Waals surface area contributed by atoms with Gasteiger partial charge in [0.15, 0.2) is 0 Å². The maximum Gasteiger partial charge on any atom is 0.0352 e. The van der Waals surface area contributed by atoms with Crippen LogP contribution in [0.4, 0.5) is 11.4 Å². The van der Waals surface area contributed by atoms with E-state index in [1.54, 1.807) is 0 Å². The van der Waals surface area contributed by atoms with E-state index in [2.05, 4.69) is 84.9 Å². The Morgan fingerprint density at radius 2 is 1.28 bits per heavy atom. The second-order valence-corrected chi connectivity index (χ2v) is 9.21. The van der Waals surface area contributed by atoms with Gasteiger partial charge in [-0.2, -0.15) is 0 Å². The second kappa shape index (κ2) is 10.0. The molecule has 1 atom stereocenters. The lowest BCUT2D eigenvalue weighted by atomic mass is 9.72. The van der Waals surface area contributed by atoms with Crippen LogP contribution in [0.5, 0.6) is 0 Å². The van der Waals surface area contributed by atoms with Gasteiger partial charge in [0.05, 0.1) is 0 Å². The first-order valence-electron chi connectivity index (χ1n) is 10.8. The second-order valence-electron chi connectivity index (χ2n) is 9.21. The smallest absolute Gasteiger partial charge is 0.0352 e. The van der Waals surface area contributed by atoms with E-state index in [1.165, 1.54) is 22.3 Å². The Hall–Kier alpha value is -2.22. The Kier molecular flexibility index (Phi) is 8.56. The Balaban J connectivity index is 0.00000204. The van der Waals surface area contributed by atoms with E-state index < -0.39 is 0 Å². The van der Waals surface area contributed by atoms with Crippen molar-refractivity contribution in [3.05, 3.63) is 70.8 Å². The topological polar surface area (TPSA) is 52.0 Å². The third-order valence-corrected chi connectivity index (χ3v) is 6.03. The van der Waals surface area contributed by atoms with E-state index in [9.17, 15) is 0 Å². The van der Waals surface area contributed by atoms with Gasteiger partial charge in [-0.3, -0.25) is 0 Å². The van der Waals surface area contributed by atoms with Crippen LogP contribution in [0.3, 0.4) is 0 Å². The molecule has 2 aromatic rings. The molecule has 160 valence electrons. The van der Waals surface area contributed by atoms with E-state index >= 15 is 0 Å². The first-order chi connectivity index (χ1) is 13.4. The number of hydrogen-bond donors (Lipinski definition) is 2. The molecule has 0 bridgehead atoms. The lowest BCUT2D eigenvalue weighted by molar-refractivity contribution is 0.408. The average Bonchev–Trinajstić information content (AvgIpc) is 2.66. The van der Waals surface area contributed by atoms with Crippen LogP contribution in [0.15, 0.2) is 48.6 Å². The molecule has 0 fully saturated rings. The lowest BCUT2D eigenvalue weighted by Gasteiger charge is -2.32. The number of allylic oxidation sites excluding steroid dienone is 2. The molecule has 1 unspecified atom stereocenters. The summed E-state index contributed by atoms with van der Waals surface area (Å²) in [7, 11) is 0. The van der Waals surface area contributed by atoms with Crippen molar-refractivity contribution in [2.75, 3.05) is 11.5 Å². The van der Waals surface area contributed by atoms with E-state index in [-0.39, 0.29) is 10.8 Å². The highest BCUT2D eigenvalue weighted by Crippen LogP contribution is 2.37. The van der Waals surface area contributed by atoms with Gasteiger partial charge in [0, 0.05) is 11.4 Å². The molecule has 0 aliphatic heterocycles. The summed E-state index contributed by atoms with van der Waals surface area (Å²) in [4.78, 5) is 0. The van der Waals surface area contributed by atoms with Gasteiger partial charge in [-0.15, -0.1) is 0 Å². The summed E-state index contributed by atoms with van der Waals surface area (Å²) in [5, 5.41) is 0. The maximum atomic E-state index is 6.28. The summed E-state index contributed by atoms with van der Waals surface area (Å²) in [5.74, 6) is 0.368. The van der Waals surface area contributed by atoms with Crippen molar-refractivity contribution in [1.82, 2.24) is 0 Å². The summed E-state index contributed by atoms with van der Waals surface area (Å²) < 4.78 is 0. The Bertz CT molecular complexity index is 828. The van der Waals surface area contributed by atoms with Gasteiger partial charge >= 0.3 is 0 Å². The molecule has 0 aliphatic carbocycles. The van der Waals surface area contributed by atoms with Crippen LogP contribution in [-0.4, -0.2) is 0 Å². The fraction of sp³-hybridized carbons (Fsp3) is 0.481. The molecule has 0 aliphatic rings. The minimum absolute atomic E-state index is 0.00116. The summed E-state index contributed by atoms with van der Waals surface area (Å²) >= 11 is 0. The molecule has 0 saturated heterocycles. The minimum atomic E-state index is -0.0287. The number of rotatable bonds is 6. The molecule has 29 heavy (non-hydrogen) atoms. The van der Waals surface area contributed by atoms with Crippen LogP contribution in [0.1, 0.15) is 77.1 Å². The fourth-order valence-electron chi connectivity index (χ4n) is 3.65. The maximum absolute atomic E-state index is 6.28. The van der Waals surface area contributed by atoms with Gasteiger partial charge in [-0.1, -0.05) is 96.0 Å². The standard InChI is InChI=1S/C25H36N2.C2H6/c1-17-10-12-22(26)20(15-17)24(4,5)14-8-9-19(3)25(6,7)21-16-18(2)11-13-23(21)27;1-2/h8-13,15-16,19H,14,26-27H2,1-7H3;1-2H3. The molecule has 2 rings (SSSR count). The van der Waals surface area contributed by atoms with Crippen LogP contribution < -0.4 is 11.5 Å². The summed E-state index contributed by atoms with van der Waals surface area (Å²) in [5.41, 5.74) is 19.2. The molecular formula is C27H42N2. The van der Waals surface area contributed by atoms with Crippen molar-refractivity contribution in [2.24, 2.45) is 5.92 Å². The normalized spacial score (nSPS) is 13.1. The zero-order valence-corrected chi connectivity index (χ0v) is 20.1. The summed E-state index contributed by atoms with van der Waals surface area (Å²) in [6.45, 7) is 19.6. The van der Waals surface area contributed by atoms with Crippen LogP contribution in [-0.2, 0) is 10.8 Å². The molecule has 0 saturated carbocycles. The van der Waals surface area contributed by atoms with Crippen LogP contribution in [0, 0.1) is 19.8 Å². The van der Waals surface area contributed by atoms with E-state index in [0.29, 0.717) is 5.92 Å². The summed E-state index contributed by atoms with van der Waals surface area (Å²) in [6, 6.07) is 12.6. The zero-order valence-electron chi connectivity index (χ0n) is 20.1. The third-order valence-electron chi connectivity index (χ3n) is 6.03. The number of hydrogen-bond acceptors (Lipinski definition) is 2. The predicted molar refractivity (Wildman–Crippen MR) is 132 cm³/mol. The lowest BCUT2D eigenvalue weighted by Crippen LogP contribution is -2.27. The Morgan fingerprint density at radius 3 is 1.79 bits per heavy atom. The van der Waals surface area contributed by atoms with Gasteiger partial charge in [-0.25, -0.2) is 0 Å². The van der Waals surface area contributed by atoms with Crippen molar-refractivity contribution in [2.45, 2.75) is 79.6 Å². The molecule has 0 radical (unpaired) electrons. The van der Waals surface area contributed by atoms with Crippen molar-refractivity contribution in [3.8, 4) is 0 Å². The van der Waals surface area contributed by atoms with Crippen molar-refractivity contribution in [1.29, 1.82) is 0 Å². The van der Waals surface area contributed by atoms with E-state index in [1.807, 2.05) is 26.0 Å². The first kappa shape index (κ1) is 24.8. The highest BCUT2D eigenvalue weighted by Gasteiger charge is 2.29. The molecule has 0 amide bonds. The molecule has 2 aromatic carbocycles. The van der Waals surface area contributed by atoms with Gasteiger partial charge in [0.2, 0.25) is 0 Å². The Morgan fingerprint density at radius 1 is 0.828 bits per heavy atom. The van der Waals surface area contributed by atoms with Crippen LogP contribution in [0.2, 0.25) is 0 Å². The Labute approximate surface area is 179 Å². The molecule has 4 N–H and O–H groups in total. The van der Waals surface area contributed by atoms with Crippen molar-refractivity contribution in [3.63, 3.8) is 0 Å². The van der Waals surface area contributed by atoms with Crippen molar-refractivity contribution >= 4 is 11.4 Å². The number of aryl methyl sites for hydroxylation is 2. The predicted octanol–water partition coefficient (Wildman–Crippen LogP) is 7.33. The fourth-order valence-corrected chi connectivity index (χ4v) is 3.65. The number of anilines is 2. The first-order valence-corrected chi connectivity index (χ1v) is 10.8. The monoisotopic (exact) mass is 394 g/mol. The average molecular weight is 395 g/mol. The number of nitrogens with two attached hydrogens (primary N) is 2. The SMILES string of the molecule is CC.Cc1ccc(N)c(C(C)(C)CC=CC(C)C(C)(C)c2cc(C)ccc2N)c1. The van der Waals surface area contributed by atoms with Gasteiger partial charge < -0.3 is 11.5 Å². The van der Waals surface area contributed by atoms with E-state index in [4.69, 9.17) is 11.5 Å². The molecular weight excluding hydrogens is 352 g/mol. The quantitative estimate of drug-likeness (QED) is 0.398. The number of benzene rings is 2. The van der Waals surface area contributed by atoms with Crippen LogP contribution in [0.25, 0.3) is 0 Å². The molecule has 2 heteroatoms. The third kappa shape index (κ3) is 6.13. The van der Waals surface area contributed by atoms with E-state index in [0.717, 1.165) is 17.8 Å². The molecule has 0 heterocycles. The zero-order chi connectivity index (χ0) is 22.4. The molecule has 2 nitrogen and oxygen atoms in total.